The maximum atomic E-state index is 10.4. The molecule has 0 radical (unpaired) electrons. The van der Waals surface area contributed by atoms with E-state index < -0.39 is 6.10 Å². The van der Waals surface area contributed by atoms with E-state index in [9.17, 15) is 5.11 Å². The molecule has 0 aliphatic heterocycles. The summed E-state index contributed by atoms with van der Waals surface area (Å²) in [6.45, 7) is 2.61. The molecule has 1 N–H and O–H groups in total. The van der Waals surface area contributed by atoms with Crippen LogP contribution in [0.25, 0.3) is 0 Å². The van der Waals surface area contributed by atoms with E-state index in [-0.39, 0.29) is 6.61 Å². The number of rotatable bonds is 12. The van der Waals surface area contributed by atoms with Gasteiger partial charge in [-0.15, -0.1) is 0 Å². The summed E-state index contributed by atoms with van der Waals surface area (Å²) in [5.74, 6) is 2.23. The summed E-state index contributed by atoms with van der Waals surface area (Å²) in [6.07, 6.45) is -0.616. The first-order valence-electron chi connectivity index (χ1n) is 8.93. The molecule has 27 heavy (non-hydrogen) atoms. The first-order chi connectivity index (χ1) is 13.1. The monoisotopic (exact) mass is 375 g/mol. The number of aliphatic hydroxyl groups excluding tert-OH is 1. The summed E-state index contributed by atoms with van der Waals surface area (Å²) in [5, 5.41) is 10.4. The Kier molecular flexibility index (Phi) is 8.91. The van der Waals surface area contributed by atoms with Crippen molar-refractivity contribution in [2.24, 2.45) is 0 Å². The Morgan fingerprint density at radius 3 is 2.19 bits per heavy atom. The minimum Gasteiger partial charge on any atom is -0.497 e. The Balaban J connectivity index is 1.97. The molecule has 0 heterocycles. The molecule has 0 amide bonds. The molecule has 2 rings (SSSR count). The van der Waals surface area contributed by atoms with Crippen LogP contribution in [0.4, 0.5) is 0 Å². The van der Waals surface area contributed by atoms with E-state index in [2.05, 4.69) is 4.90 Å². The highest BCUT2D eigenvalue weighted by atomic mass is 16.5. The predicted octanol–water partition coefficient (Wildman–Crippen LogP) is 2.59. The molecule has 0 saturated carbocycles. The van der Waals surface area contributed by atoms with Gasteiger partial charge in [-0.05, 0) is 29.8 Å². The van der Waals surface area contributed by atoms with E-state index in [1.54, 1.807) is 21.3 Å². The van der Waals surface area contributed by atoms with Crippen molar-refractivity contribution < 1.29 is 24.1 Å². The van der Waals surface area contributed by atoms with Gasteiger partial charge in [-0.3, -0.25) is 4.90 Å². The van der Waals surface area contributed by atoms with Crippen molar-refractivity contribution >= 4 is 0 Å². The first-order valence-corrected chi connectivity index (χ1v) is 8.93. The van der Waals surface area contributed by atoms with Crippen molar-refractivity contribution in [1.29, 1.82) is 0 Å². The largest absolute Gasteiger partial charge is 0.497 e. The fourth-order valence-electron chi connectivity index (χ4n) is 2.73. The number of aliphatic hydroxyl groups is 1. The smallest absolute Gasteiger partial charge is 0.122 e. The van der Waals surface area contributed by atoms with Crippen LogP contribution >= 0.6 is 0 Å². The van der Waals surface area contributed by atoms with Gasteiger partial charge < -0.3 is 24.1 Å². The predicted molar refractivity (Wildman–Crippen MR) is 105 cm³/mol. The Hall–Kier alpha value is -2.28. The van der Waals surface area contributed by atoms with Gasteiger partial charge in [0.25, 0.3) is 0 Å². The molecular formula is C21H29NO5. The average molecular weight is 375 g/mol. The van der Waals surface area contributed by atoms with E-state index >= 15 is 0 Å². The number of hydrogen-bond acceptors (Lipinski definition) is 6. The molecule has 148 valence electrons. The van der Waals surface area contributed by atoms with Crippen molar-refractivity contribution in [2.75, 3.05) is 47.6 Å². The molecule has 0 fully saturated rings. The Bertz CT molecular complexity index is 643. The van der Waals surface area contributed by atoms with E-state index in [0.717, 1.165) is 22.8 Å². The maximum absolute atomic E-state index is 10.4. The highest BCUT2D eigenvalue weighted by Crippen LogP contribution is 2.23. The zero-order valence-electron chi connectivity index (χ0n) is 16.3. The lowest BCUT2D eigenvalue weighted by Gasteiger charge is -2.25. The minimum atomic E-state index is -0.616. The lowest BCUT2D eigenvalue weighted by molar-refractivity contribution is 0.0542. The molecule has 6 nitrogen and oxygen atoms in total. The molecule has 0 spiro atoms. The molecule has 0 aromatic heterocycles. The van der Waals surface area contributed by atoms with Crippen molar-refractivity contribution in [2.45, 2.75) is 12.6 Å². The van der Waals surface area contributed by atoms with Gasteiger partial charge in [-0.2, -0.15) is 0 Å². The van der Waals surface area contributed by atoms with Gasteiger partial charge in [-0.25, -0.2) is 0 Å². The fraction of sp³-hybridized carbons (Fsp3) is 0.429. The highest BCUT2D eigenvalue weighted by Gasteiger charge is 2.14. The van der Waals surface area contributed by atoms with Gasteiger partial charge in [0.2, 0.25) is 0 Å². The van der Waals surface area contributed by atoms with Crippen molar-refractivity contribution in [3.05, 3.63) is 54.1 Å². The third kappa shape index (κ3) is 7.46. The number of ether oxygens (including phenoxy) is 4. The molecule has 2 aromatic carbocycles. The van der Waals surface area contributed by atoms with Crippen molar-refractivity contribution in [3.63, 3.8) is 0 Å². The molecule has 0 aliphatic rings. The minimum absolute atomic E-state index is 0.231. The quantitative estimate of drug-likeness (QED) is 0.615. The second-order valence-electron chi connectivity index (χ2n) is 6.23. The number of nitrogens with zero attached hydrogens (tertiary/aromatic N) is 1. The van der Waals surface area contributed by atoms with E-state index in [4.69, 9.17) is 18.9 Å². The molecule has 0 aliphatic carbocycles. The summed E-state index contributed by atoms with van der Waals surface area (Å²) < 4.78 is 21.5. The maximum Gasteiger partial charge on any atom is 0.122 e. The third-order valence-corrected chi connectivity index (χ3v) is 4.08. The lowest BCUT2D eigenvalue weighted by atomic mass is 10.1. The SMILES string of the molecule is COCCN(Cc1cc(OC)cc(OC)c1)CC(O)COc1ccccc1. The zero-order chi connectivity index (χ0) is 19.5. The Morgan fingerprint density at radius 1 is 0.926 bits per heavy atom. The second kappa shape index (κ2) is 11.4. The fourth-order valence-corrected chi connectivity index (χ4v) is 2.73. The molecular weight excluding hydrogens is 346 g/mol. The van der Waals surface area contributed by atoms with Crippen molar-refractivity contribution in [1.82, 2.24) is 4.90 Å². The van der Waals surface area contributed by atoms with Crippen LogP contribution in [0.2, 0.25) is 0 Å². The van der Waals surface area contributed by atoms with Crippen LogP contribution in [0, 0.1) is 0 Å². The van der Waals surface area contributed by atoms with Gasteiger partial charge in [-0.1, -0.05) is 18.2 Å². The van der Waals surface area contributed by atoms with Crippen LogP contribution in [0.3, 0.4) is 0 Å². The van der Waals surface area contributed by atoms with Gasteiger partial charge in [0.1, 0.15) is 30.0 Å². The summed E-state index contributed by atoms with van der Waals surface area (Å²) in [7, 11) is 4.93. The lowest BCUT2D eigenvalue weighted by Crippen LogP contribution is -2.37. The van der Waals surface area contributed by atoms with Gasteiger partial charge in [0, 0.05) is 32.8 Å². The number of benzene rings is 2. The topological polar surface area (TPSA) is 60.4 Å². The second-order valence-corrected chi connectivity index (χ2v) is 6.23. The van der Waals surface area contributed by atoms with Crippen LogP contribution in [-0.4, -0.2) is 63.7 Å². The first kappa shape index (κ1) is 21.0. The van der Waals surface area contributed by atoms with E-state index in [1.165, 1.54) is 0 Å². The molecule has 1 unspecified atom stereocenters. The summed E-state index contributed by atoms with van der Waals surface area (Å²) in [4.78, 5) is 2.12. The van der Waals surface area contributed by atoms with Gasteiger partial charge in [0.15, 0.2) is 0 Å². The molecule has 0 saturated heterocycles. The standard InChI is InChI=1S/C21H29NO5/c1-24-10-9-22(14-17-11-20(25-2)13-21(12-17)26-3)15-18(23)16-27-19-7-5-4-6-8-19/h4-8,11-13,18,23H,9-10,14-16H2,1-3H3. The van der Waals surface area contributed by atoms with E-state index in [0.29, 0.717) is 26.2 Å². The van der Waals surface area contributed by atoms with Crippen LogP contribution in [0.15, 0.2) is 48.5 Å². The molecule has 2 aromatic rings. The summed E-state index contributed by atoms with van der Waals surface area (Å²) in [6, 6.07) is 15.3. The number of methoxy groups -OCH3 is 3. The normalized spacial score (nSPS) is 12.0. The number of para-hydroxylation sites is 1. The van der Waals surface area contributed by atoms with E-state index in [1.807, 2.05) is 48.5 Å². The Morgan fingerprint density at radius 2 is 1.59 bits per heavy atom. The summed E-state index contributed by atoms with van der Waals surface area (Å²) in [5.41, 5.74) is 1.04. The Labute approximate surface area is 161 Å². The summed E-state index contributed by atoms with van der Waals surface area (Å²) >= 11 is 0. The van der Waals surface area contributed by atoms with Gasteiger partial charge >= 0.3 is 0 Å². The van der Waals surface area contributed by atoms with Crippen LogP contribution < -0.4 is 14.2 Å². The number of hydrogen-bond donors (Lipinski definition) is 1. The average Bonchev–Trinajstić information content (AvgIpc) is 2.70. The molecule has 1 atom stereocenters. The van der Waals surface area contributed by atoms with Crippen molar-refractivity contribution in [3.8, 4) is 17.2 Å². The van der Waals surface area contributed by atoms with Gasteiger partial charge in [0.05, 0.1) is 20.8 Å². The van der Waals surface area contributed by atoms with Crippen LogP contribution in [0.5, 0.6) is 17.2 Å². The third-order valence-electron chi connectivity index (χ3n) is 4.08. The van der Waals surface area contributed by atoms with Crippen LogP contribution in [0.1, 0.15) is 5.56 Å². The molecule has 0 bridgehead atoms. The highest BCUT2D eigenvalue weighted by molar-refractivity contribution is 5.38. The molecule has 6 heteroatoms. The van der Waals surface area contributed by atoms with Crippen LogP contribution in [-0.2, 0) is 11.3 Å². The zero-order valence-corrected chi connectivity index (χ0v) is 16.3.